The van der Waals surface area contributed by atoms with Gasteiger partial charge in [-0.1, -0.05) is 0 Å². The maximum absolute atomic E-state index is 11.2. The first kappa shape index (κ1) is 12.7. The minimum absolute atomic E-state index is 0.0102. The lowest BCUT2D eigenvalue weighted by molar-refractivity contribution is 0.588. The summed E-state index contributed by atoms with van der Waals surface area (Å²) in [6.07, 6.45) is 3.15. The van der Waals surface area contributed by atoms with Crippen LogP contribution < -0.4 is 10.0 Å². The molecule has 0 spiro atoms. The SMILES string of the molecule is CNS(=O)(=O)CCNc1ccc2nccnc2n1. The predicted octanol–water partition coefficient (Wildman–Crippen LogP) is -0.0141. The molecule has 0 saturated heterocycles. The zero-order valence-electron chi connectivity index (χ0n) is 9.79. The van der Waals surface area contributed by atoms with Gasteiger partial charge < -0.3 is 5.32 Å². The first-order valence-corrected chi connectivity index (χ1v) is 6.99. The Labute approximate surface area is 105 Å². The van der Waals surface area contributed by atoms with E-state index in [9.17, 15) is 8.42 Å². The van der Waals surface area contributed by atoms with Crippen molar-refractivity contribution < 1.29 is 8.42 Å². The summed E-state index contributed by atoms with van der Waals surface area (Å²) in [6.45, 7) is 0.280. The largest absolute Gasteiger partial charge is 0.369 e. The van der Waals surface area contributed by atoms with Crippen LogP contribution in [0.25, 0.3) is 11.2 Å². The molecular weight excluding hydrogens is 254 g/mol. The quantitative estimate of drug-likeness (QED) is 0.790. The standard InChI is InChI=1S/C10H13N5O2S/c1-11-18(16,17)7-6-13-9-3-2-8-10(15-9)14-5-4-12-8/h2-5,11H,6-7H2,1H3,(H,13,14,15). The van der Waals surface area contributed by atoms with Crippen molar-refractivity contribution in [3.63, 3.8) is 0 Å². The summed E-state index contributed by atoms with van der Waals surface area (Å²) in [5, 5.41) is 2.93. The van der Waals surface area contributed by atoms with Gasteiger partial charge in [0.25, 0.3) is 0 Å². The van der Waals surface area contributed by atoms with Crippen molar-refractivity contribution in [3.05, 3.63) is 24.5 Å². The summed E-state index contributed by atoms with van der Waals surface area (Å²) in [5.41, 5.74) is 1.23. The van der Waals surface area contributed by atoms with Gasteiger partial charge in [0.1, 0.15) is 11.3 Å². The van der Waals surface area contributed by atoms with Crippen molar-refractivity contribution in [1.29, 1.82) is 0 Å². The number of pyridine rings is 1. The average Bonchev–Trinajstić information content (AvgIpc) is 2.38. The molecule has 2 heterocycles. The van der Waals surface area contributed by atoms with Crippen LogP contribution >= 0.6 is 0 Å². The zero-order chi connectivity index (χ0) is 13.0. The topological polar surface area (TPSA) is 96.9 Å². The van der Waals surface area contributed by atoms with Gasteiger partial charge in [-0.2, -0.15) is 0 Å². The van der Waals surface area contributed by atoms with Gasteiger partial charge in [0.15, 0.2) is 5.65 Å². The van der Waals surface area contributed by atoms with Crippen molar-refractivity contribution in [1.82, 2.24) is 19.7 Å². The summed E-state index contributed by atoms with van der Waals surface area (Å²) in [6, 6.07) is 3.52. The van der Waals surface area contributed by atoms with Gasteiger partial charge >= 0.3 is 0 Å². The van der Waals surface area contributed by atoms with Gasteiger partial charge in [-0.05, 0) is 19.2 Å². The van der Waals surface area contributed by atoms with Crippen LogP contribution in [-0.4, -0.2) is 42.7 Å². The first-order chi connectivity index (χ1) is 8.61. The third-order valence-electron chi connectivity index (χ3n) is 2.32. The highest BCUT2D eigenvalue weighted by Crippen LogP contribution is 2.09. The Morgan fingerprint density at radius 2 is 2.00 bits per heavy atom. The van der Waals surface area contributed by atoms with E-state index in [1.807, 2.05) is 0 Å². The molecule has 0 amide bonds. The van der Waals surface area contributed by atoms with Gasteiger partial charge in [-0.15, -0.1) is 0 Å². The molecule has 0 unspecified atom stereocenters. The molecule has 0 aliphatic heterocycles. The van der Waals surface area contributed by atoms with E-state index in [1.165, 1.54) is 7.05 Å². The lowest BCUT2D eigenvalue weighted by atomic mass is 10.4. The summed E-state index contributed by atoms with van der Waals surface area (Å²) in [4.78, 5) is 12.4. The number of sulfonamides is 1. The van der Waals surface area contributed by atoms with E-state index in [4.69, 9.17) is 0 Å². The summed E-state index contributed by atoms with van der Waals surface area (Å²) >= 11 is 0. The molecule has 2 aromatic heterocycles. The maximum atomic E-state index is 11.2. The Bertz CT molecular complexity index is 644. The molecule has 0 bridgehead atoms. The van der Waals surface area contributed by atoms with Gasteiger partial charge in [0.2, 0.25) is 10.0 Å². The second-order valence-corrected chi connectivity index (χ2v) is 5.59. The number of nitrogens with one attached hydrogen (secondary N) is 2. The Morgan fingerprint density at radius 1 is 1.22 bits per heavy atom. The van der Waals surface area contributed by atoms with E-state index in [1.54, 1.807) is 24.5 Å². The molecule has 0 aromatic carbocycles. The third kappa shape index (κ3) is 3.11. The fourth-order valence-corrected chi connectivity index (χ4v) is 1.94. The van der Waals surface area contributed by atoms with Crippen LogP contribution in [0.4, 0.5) is 5.82 Å². The molecule has 2 rings (SSSR count). The van der Waals surface area contributed by atoms with Crippen LogP contribution in [0.1, 0.15) is 0 Å². The number of fused-ring (bicyclic) bond motifs is 1. The van der Waals surface area contributed by atoms with Gasteiger partial charge in [-0.3, -0.25) is 4.98 Å². The summed E-state index contributed by atoms with van der Waals surface area (Å²) in [5.74, 6) is 0.568. The van der Waals surface area contributed by atoms with Gasteiger partial charge in [-0.25, -0.2) is 23.1 Å². The molecule has 0 aliphatic carbocycles. The van der Waals surface area contributed by atoms with Crippen molar-refractivity contribution in [3.8, 4) is 0 Å². The average molecular weight is 267 g/mol. The predicted molar refractivity (Wildman–Crippen MR) is 68.7 cm³/mol. The van der Waals surface area contributed by atoms with Gasteiger partial charge in [0, 0.05) is 18.9 Å². The normalized spacial score (nSPS) is 11.6. The molecule has 2 N–H and O–H groups in total. The maximum Gasteiger partial charge on any atom is 0.213 e. The zero-order valence-corrected chi connectivity index (χ0v) is 10.6. The van der Waals surface area contributed by atoms with Crippen molar-refractivity contribution in [2.24, 2.45) is 0 Å². The number of anilines is 1. The van der Waals surface area contributed by atoms with Crippen molar-refractivity contribution in [2.45, 2.75) is 0 Å². The lowest BCUT2D eigenvalue weighted by Gasteiger charge is -2.06. The Morgan fingerprint density at radius 3 is 2.78 bits per heavy atom. The number of nitrogens with zero attached hydrogens (tertiary/aromatic N) is 3. The summed E-state index contributed by atoms with van der Waals surface area (Å²) < 4.78 is 24.7. The molecule has 8 heteroatoms. The molecule has 7 nitrogen and oxygen atoms in total. The molecule has 0 radical (unpaired) electrons. The molecule has 0 saturated carbocycles. The van der Waals surface area contributed by atoms with Crippen LogP contribution in [0.3, 0.4) is 0 Å². The molecule has 96 valence electrons. The van der Waals surface area contributed by atoms with E-state index < -0.39 is 10.0 Å². The second-order valence-electron chi connectivity index (χ2n) is 3.55. The number of hydrogen-bond donors (Lipinski definition) is 2. The fourth-order valence-electron chi connectivity index (χ4n) is 1.37. The minimum atomic E-state index is -3.20. The smallest absolute Gasteiger partial charge is 0.213 e. The molecule has 0 aliphatic rings. The monoisotopic (exact) mass is 267 g/mol. The number of aromatic nitrogens is 3. The van der Waals surface area contributed by atoms with E-state index >= 15 is 0 Å². The number of hydrogen-bond acceptors (Lipinski definition) is 6. The molecule has 0 atom stereocenters. The summed E-state index contributed by atoms with van der Waals surface area (Å²) in [7, 11) is -1.81. The van der Waals surface area contributed by atoms with Crippen LogP contribution in [-0.2, 0) is 10.0 Å². The third-order valence-corrected chi connectivity index (χ3v) is 3.68. The van der Waals surface area contributed by atoms with Crippen LogP contribution in [0.5, 0.6) is 0 Å². The van der Waals surface area contributed by atoms with E-state index in [0.29, 0.717) is 17.0 Å². The Balaban J connectivity index is 2.04. The second kappa shape index (κ2) is 5.23. The molecule has 18 heavy (non-hydrogen) atoms. The highest BCUT2D eigenvalue weighted by molar-refractivity contribution is 7.89. The Hall–Kier alpha value is -1.80. The van der Waals surface area contributed by atoms with Crippen LogP contribution in [0.15, 0.2) is 24.5 Å². The molecular formula is C10H13N5O2S. The van der Waals surface area contributed by atoms with E-state index in [-0.39, 0.29) is 12.3 Å². The fraction of sp³-hybridized carbons (Fsp3) is 0.300. The lowest BCUT2D eigenvalue weighted by Crippen LogP contribution is -2.26. The minimum Gasteiger partial charge on any atom is -0.369 e. The highest BCUT2D eigenvalue weighted by atomic mass is 32.2. The Kier molecular flexibility index (Phi) is 3.68. The van der Waals surface area contributed by atoms with Gasteiger partial charge in [0.05, 0.1) is 5.75 Å². The number of rotatable bonds is 5. The van der Waals surface area contributed by atoms with E-state index in [2.05, 4.69) is 25.0 Å². The van der Waals surface area contributed by atoms with Crippen molar-refractivity contribution >= 4 is 27.0 Å². The highest BCUT2D eigenvalue weighted by Gasteiger charge is 2.06. The first-order valence-electron chi connectivity index (χ1n) is 5.33. The van der Waals surface area contributed by atoms with Crippen LogP contribution in [0, 0.1) is 0 Å². The van der Waals surface area contributed by atoms with E-state index in [0.717, 1.165) is 0 Å². The van der Waals surface area contributed by atoms with Crippen molar-refractivity contribution in [2.75, 3.05) is 24.7 Å². The van der Waals surface area contributed by atoms with Crippen LogP contribution in [0.2, 0.25) is 0 Å². The molecule has 2 aromatic rings. The molecule has 0 fully saturated rings.